The predicted molar refractivity (Wildman–Crippen MR) is 220 cm³/mol. The van der Waals surface area contributed by atoms with Crippen molar-refractivity contribution in [2.45, 2.75) is 83.3 Å². The Morgan fingerprint density at radius 1 is 1.13 bits per heavy atom. The van der Waals surface area contributed by atoms with Gasteiger partial charge in [0.25, 0.3) is 0 Å². The zero-order valence-electron chi connectivity index (χ0n) is 33.7. The third kappa shape index (κ3) is 11.0. The van der Waals surface area contributed by atoms with Gasteiger partial charge in [0.1, 0.15) is 41.3 Å². The topological polar surface area (TPSA) is 338 Å². The molecule has 6 rings (SSSR count). The molecule has 0 radical (unpaired) electrons. The molecule has 3 aromatic heterocycles. The number of esters is 1. The average Bonchev–Trinajstić information content (AvgIpc) is 3.71. The van der Waals surface area contributed by atoms with Gasteiger partial charge >= 0.3 is 35.1 Å². The van der Waals surface area contributed by atoms with E-state index < -0.39 is 60.1 Å². The molecule has 2 aliphatic rings. The number of fused-ring (bicyclic) bond motifs is 3. The van der Waals surface area contributed by atoms with Gasteiger partial charge in [0, 0.05) is 48.3 Å². The lowest BCUT2D eigenvalue weighted by atomic mass is 9.79. The van der Waals surface area contributed by atoms with E-state index in [1.54, 1.807) is 6.92 Å². The van der Waals surface area contributed by atoms with Gasteiger partial charge in [-0.15, -0.1) is 4.31 Å². The molecule has 1 fully saturated rings. The second-order valence-corrected chi connectivity index (χ2v) is 19.6. The Hall–Kier alpha value is -4.52. The van der Waals surface area contributed by atoms with Crippen LogP contribution in [0.5, 0.6) is 0 Å². The molecule has 0 aliphatic carbocycles. The van der Waals surface area contributed by atoms with Gasteiger partial charge in [-0.25, -0.2) is 28.7 Å². The number of aliphatic hydroxyl groups excluding tert-OH is 1. The first-order valence-electron chi connectivity index (χ1n) is 19.0. The number of nitrogens with zero attached hydrogens (tertiary/aromatic N) is 4. The van der Waals surface area contributed by atoms with Gasteiger partial charge in [-0.2, -0.15) is 8.88 Å². The lowest BCUT2D eigenvalue weighted by molar-refractivity contribution is -0.120. The number of nitrogens with two attached hydrogens (primary N) is 1. The zero-order chi connectivity index (χ0) is 45.4. The molecule has 0 saturated carbocycles. The first kappa shape index (κ1) is 47.0. The van der Waals surface area contributed by atoms with E-state index in [-0.39, 0.29) is 60.4 Å². The van der Waals surface area contributed by atoms with Crippen LogP contribution >= 0.6 is 23.5 Å². The summed E-state index contributed by atoms with van der Waals surface area (Å²) >= 11 is 0. The Kier molecular flexibility index (Phi) is 13.9. The smallest absolute Gasteiger partial charge is 0.462 e. The summed E-state index contributed by atoms with van der Waals surface area (Å²) in [6, 6.07) is 5.23. The Balaban J connectivity index is 1.07. The van der Waals surface area contributed by atoms with E-state index in [9.17, 15) is 43.0 Å². The fourth-order valence-corrected chi connectivity index (χ4v) is 10.6. The highest BCUT2D eigenvalue weighted by atomic mass is 31.3. The Morgan fingerprint density at radius 2 is 1.87 bits per heavy atom. The third-order valence-corrected chi connectivity index (χ3v) is 13.9. The van der Waals surface area contributed by atoms with Crippen LogP contribution in [0, 0.1) is 11.8 Å². The normalized spacial score (nSPS) is 22.5. The van der Waals surface area contributed by atoms with Gasteiger partial charge in [0.15, 0.2) is 0 Å². The molecule has 23 nitrogen and oxygen atoms in total. The number of carbonyl (C=O) groups is 2. The van der Waals surface area contributed by atoms with Crippen molar-refractivity contribution in [3.05, 3.63) is 57.8 Å². The molecule has 0 bridgehead atoms. The average molecular weight is 928 g/mol. The molecule has 5 heterocycles. The van der Waals surface area contributed by atoms with Crippen LogP contribution in [0.1, 0.15) is 87.0 Å². The molecular formula is C36H46N6O17P3+. The minimum Gasteiger partial charge on any atom is -0.462 e. The number of rotatable bonds is 15. The minimum absolute atomic E-state index is 0.0295. The quantitative estimate of drug-likeness (QED) is 0.0328. The fraction of sp³-hybridized carbons (Fsp3) is 0.472. The summed E-state index contributed by atoms with van der Waals surface area (Å²) in [4.78, 5) is 83.2. The highest BCUT2D eigenvalue weighted by Gasteiger charge is 2.45. The number of nitrogens with one attached hydrogen (secondary N) is 1. The summed E-state index contributed by atoms with van der Waals surface area (Å²) in [5.74, 6) is 5.07. The summed E-state index contributed by atoms with van der Waals surface area (Å²) in [6.07, 6.45) is 0.550. The monoisotopic (exact) mass is 927 g/mol. The minimum atomic E-state index is -5.69. The van der Waals surface area contributed by atoms with Crippen LogP contribution in [0.15, 0.2) is 39.9 Å². The number of aliphatic hydroxyl groups is 1. The molecule has 4 aromatic rings. The molecule has 4 unspecified atom stereocenters. The number of anilines is 2. The van der Waals surface area contributed by atoms with Crippen molar-refractivity contribution in [2.24, 2.45) is 0 Å². The third-order valence-electron chi connectivity index (χ3n) is 10.1. The highest BCUT2D eigenvalue weighted by Crippen LogP contribution is 2.66. The molecule has 2 aliphatic heterocycles. The van der Waals surface area contributed by atoms with Crippen LogP contribution in [0.2, 0.25) is 0 Å². The Bertz CT molecular complexity index is 2650. The van der Waals surface area contributed by atoms with Crippen LogP contribution in [-0.4, -0.2) is 95.1 Å². The number of benzene rings is 1. The van der Waals surface area contributed by atoms with Gasteiger partial charge in [-0.05, 0) is 57.2 Å². The van der Waals surface area contributed by atoms with Crippen LogP contribution in [-0.2, 0) is 41.1 Å². The molecule has 336 valence electrons. The maximum Gasteiger partial charge on any atom is 0.640 e. The maximum absolute atomic E-state index is 13.0. The van der Waals surface area contributed by atoms with Crippen molar-refractivity contribution in [1.29, 1.82) is 0 Å². The van der Waals surface area contributed by atoms with E-state index in [0.29, 0.717) is 34.9 Å². The lowest BCUT2D eigenvalue weighted by Crippen LogP contribution is -2.49. The number of nitrogen functional groups attached to an aromatic ring is 1. The molecular weight excluding hydrogens is 881 g/mol. The second kappa shape index (κ2) is 18.3. The molecule has 1 amide bonds. The first-order valence-corrected chi connectivity index (χ1v) is 23.6. The molecule has 26 heteroatoms. The van der Waals surface area contributed by atoms with Gasteiger partial charge in [0.05, 0.1) is 36.8 Å². The van der Waals surface area contributed by atoms with Crippen molar-refractivity contribution in [3.63, 3.8) is 0 Å². The van der Waals surface area contributed by atoms with Crippen molar-refractivity contribution in [3.8, 4) is 11.8 Å². The van der Waals surface area contributed by atoms with E-state index in [1.165, 1.54) is 23.2 Å². The van der Waals surface area contributed by atoms with Crippen molar-refractivity contribution < 1.29 is 75.0 Å². The van der Waals surface area contributed by atoms with Crippen LogP contribution < -0.4 is 21.6 Å². The zero-order valence-corrected chi connectivity index (χ0v) is 36.4. The van der Waals surface area contributed by atoms with E-state index in [4.69, 9.17) is 29.4 Å². The maximum atomic E-state index is 13.0. The summed E-state index contributed by atoms with van der Waals surface area (Å²) < 4.78 is 65.0. The lowest BCUT2D eigenvalue weighted by Gasteiger charge is -2.47. The van der Waals surface area contributed by atoms with Gasteiger partial charge in [-0.3, -0.25) is 14.2 Å². The molecule has 1 saturated heterocycles. The molecule has 0 spiro atoms. The molecule has 62 heavy (non-hydrogen) atoms. The second-order valence-electron chi connectivity index (χ2n) is 15.1. The number of phosphoric acid groups is 2. The van der Waals surface area contributed by atoms with Crippen LogP contribution in [0.25, 0.3) is 22.0 Å². The van der Waals surface area contributed by atoms with Crippen molar-refractivity contribution in [2.75, 3.05) is 36.9 Å². The molecule has 1 aromatic carbocycles. The first-order chi connectivity index (χ1) is 29.0. The van der Waals surface area contributed by atoms with E-state index in [0.717, 1.165) is 17.7 Å². The Morgan fingerprint density at radius 3 is 2.58 bits per heavy atom. The largest absolute Gasteiger partial charge is 0.640 e. The predicted octanol–water partition coefficient (Wildman–Crippen LogP) is 3.06. The van der Waals surface area contributed by atoms with Crippen LogP contribution in [0.4, 0.5) is 11.5 Å². The summed E-state index contributed by atoms with van der Waals surface area (Å²) in [6.45, 7) is 7.74. The number of hydrogen-bond acceptors (Lipinski definition) is 17. The van der Waals surface area contributed by atoms with E-state index >= 15 is 0 Å². The number of amides is 1. The molecule has 7 atom stereocenters. The summed E-state index contributed by atoms with van der Waals surface area (Å²) in [5.41, 5.74) is 7.76. The molecule has 9 N–H and O–H groups in total. The highest BCUT2D eigenvalue weighted by molar-refractivity contribution is 7.66. The summed E-state index contributed by atoms with van der Waals surface area (Å²) in [7, 11) is -16.5. The summed E-state index contributed by atoms with van der Waals surface area (Å²) in [5, 5.41) is 14.4. The number of hydrogen-bond donors (Lipinski definition) is 6. The Labute approximate surface area is 352 Å². The number of carbonyl (C=O) groups excluding carboxylic acids is 2. The van der Waals surface area contributed by atoms with E-state index in [2.05, 4.69) is 65.9 Å². The SMILES string of the molecule is CCOC(=O)c1cc2cc3c(cc2oc1=O)N(CCCC(=O)NCC#Cc1cn([C@H]2C[C@H](O)[C@@H](COP(=O)(O)OP(=O)(O)OP(=O)(O)[OH2+])O2)c2ncnc(N)c12)C(C)(C)CC3C. The van der Waals surface area contributed by atoms with Crippen molar-refractivity contribution >= 4 is 68.9 Å². The van der Waals surface area contributed by atoms with Gasteiger partial charge in [0.2, 0.25) is 5.91 Å². The van der Waals surface area contributed by atoms with Crippen molar-refractivity contribution in [1.82, 2.24) is 19.9 Å². The number of ether oxygens (including phenoxy) is 2. The van der Waals surface area contributed by atoms with Gasteiger partial charge < -0.3 is 54.2 Å². The number of phosphoric ester groups is 1. The fourth-order valence-electron chi connectivity index (χ4n) is 7.58. The van der Waals surface area contributed by atoms with Gasteiger partial charge in [-0.1, -0.05) is 18.8 Å². The standard InChI is InChI=1S/C36H45N6O17P3/c1-5-54-34(45)24-13-22-12-23-20(2)16-36(3,4)42(25(23)14-27(22)57-35(24)46)11-7-9-29(44)38-10-6-8-21-17-41(33-31(21)32(37)39-19-40-33)30-15-26(43)28(56-30)18-55-61(50,51)59-62(52,53)58-60(47,48)49/h12-14,17,19-20,26,28,30,43H,5,7,9-11,15-16,18H2,1-4H3,(H,38,44)(H,50,51)(H,52,53)(H2,37,39,40)(H2,47,48,49)/p+1/t20?,26-,28+,30+/m0/s1. The van der Waals surface area contributed by atoms with E-state index in [1.807, 2.05) is 12.1 Å². The number of aromatic nitrogens is 3. The van der Waals surface area contributed by atoms with Crippen LogP contribution in [0.3, 0.4) is 0 Å².